The Morgan fingerprint density at radius 2 is 1.76 bits per heavy atom. The number of ether oxygens (including phenoxy) is 5. The van der Waals surface area contributed by atoms with Gasteiger partial charge in [0.1, 0.15) is 41.3 Å². The van der Waals surface area contributed by atoms with E-state index < -0.39 is 59.0 Å². The number of hydrogen-bond donors (Lipinski definition) is 2. The number of pyridine rings is 1. The molecule has 3 aliphatic rings. The van der Waals surface area contributed by atoms with Gasteiger partial charge in [-0.25, -0.2) is 19.4 Å². The average Bonchev–Trinajstić information content (AvgIpc) is 3.36. The minimum atomic E-state index is -1.30. The van der Waals surface area contributed by atoms with Crippen molar-refractivity contribution in [2.45, 2.75) is 89.1 Å². The number of amides is 3. The number of alkyl carbamates (subject to hydrolysis) is 1. The van der Waals surface area contributed by atoms with E-state index in [0.717, 1.165) is 25.7 Å². The van der Waals surface area contributed by atoms with Gasteiger partial charge in [0.25, 0.3) is 0 Å². The van der Waals surface area contributed by atoms with Crippen molar-refractivity contribution < 1.29 is 47.7 Å². The molecule has 14 heteroatoms. The molecule has 2 aromatic rings. The molecule has 3 fully saturated rings. The van der Waals surface area contributed by atoms with Crippen molar-refractivity contribution in [3.63, 3.8) is 0 Å². The van der Waals surface area contributed by atoms with Crippen LogP contribution in [0.25, 0.3) is 10.9 Å². The number of likely N-dealkylation sites (tertiary alicyclic amines) is 1. The fourth-order valence-electron chi connectivity index (χ4n) is 6.78. The summed E-state index contributed by atoms with van der Waals surface area (Å²) in [6.07, 6.45) is 3.70. The average molecular weight is 695 g/mol. The molecule has 1 saturated heterocycles. The fraction of sp³-hybridized carbons (Fsp3) is 0.556. The van der Waals surface area contributed by atoms with Crippen LogP contribution in [0.5, 0.6) is 11.5 Å². The Bertz CT molecular complexity index is 1670. The van der Waals surface area contributed by atoms with E-state index in [4.69, 9.17) is 23.7 Å². The number of carbonyl (C=O) groups excluding carboxylic acids is 5. The van der Waals surface area contributed by atoms with Gasteiger partial charge in [-0.1, -0.05) is 26.8 Å². The molecule has 0 bridgehead atoms. The Kier molecular flexibility index (Phi) is 10.6. The number of hydrogen-bond acceptors (Lipinski definition) is 11. The van der Waals surface area contributed by atoms with Crippen molar-refractivity contribution in [2.75, 3.05) is 27.9 Å². The maximum atomic E-state index is 14.5. The number of esters is 2. The molecule has 1 aromatic heterocycles. The number of carbonyl (C=O) groups is 5. The molecule has 270 valence electrons. The van der Waals surface area contributed by atoms with Gasteiger partial charge in [-0.2, -0.15) is 0 Å². The third-order valence-corrected chi connectivity index (χ3v) is 9.66. The molecule has 5 atom stereocenters. The highest BCUT2D eigenvalue weighted by Crippen LogP contribution is 2.45. The lowest BCUT2D eigenvalue weighted by Gasteiger charge is -2.35. The van der Waals surface area contributed by atoms with E-state index in [-0.39, 0.29) is 36.4 Å². The first-order valence-electron chi connectivity index (χ1n) is 16.8. The topological polar surface area (TPSA) is 172 Å². The number of benzene rings is 1. The molecule has 3 amide bonds. The zero-order chi connectivity index (χ0) is 36.4. The molecule has 0 unspecified atom stereocenters. The number of nitrogens with zero attached hydrogens (tertiary/aromatic N) is 2. The van der Waals surface area contributed by atoms with Crippen molar-refractivity contribution in [1.29, 1.82) is 0 Å². The molecular formula is C36H46N4O10. The van der Waals surface area contributed by atoms with E-state index in [0.29, 0.717) is 23.1 Å². The van der Waals surface area contributed by atoms with Crippen molar-refractivity contribution in [3.05, 3.63) is 42.6 Å². The predicted octanol–water partition coefficient (Wildman–Crippen LogP) is 3.70. The summed E-state index contributed by atoms with van der Waals surface area (Å²) < 4.78 is 27.3. The molecule has 0 spiro atoms. The van der Waals surface area contributed by atoms with Gasteiger partial charge in [0.2, 0.25) is 11.8 Å². The second-order valence-electron chi connectivity index (χ2n) is 14.1. The summed E-state index contributed by atoms with van der Waals surface area (Å²) in [6, 6.07) is 4.39. The normalized spacial score (nSPS) is 23.8. The zero-order valence-electron chi connectivity index (χ0n) is 29.4. The Balaban J connectivity index is 1.47. The first kappa shape index (κ1) is 36.4. The van der Waals surface area contributed by atoms with E-state index in [1.807, 2.05) is 0 Å². The molecule has 5 rings (SSSR count). The smallest absolute Gasteiger partial charge is 0.408 e. The highest BCUT2D eigenvalue weighted by molar-refractivity contribution is 5.97. The van der Waals surface area contributed by atoms with Gasteiger partial charge in [0.05, 0.1) is 33.4 Å². The lowest BCUT2D eigenvalue weighted by molar-refractivity contribution is -0.148. The number of nitrogens with one attached hydrogen (secondary N) is 2. The maximum absolute atomic E-state index is 14.5. The highest BCUT2D eigenvalue weighted by Gasteiger charge is 2.62. The summed E-state index contributed by atoms with van der Waals surface area (Å²) >= 11 is 0. The summed E-state index contributed by atoms with van der Waals surface area (Å²) in [6.45, 7) is 9.15. The Labute approximate surface area is 291 Å². The van der Waals surface area contributed by atoms with Crippen LogP contribution in [0.15, 0.2) is 36.9 Å². The Hall–Kier alpha value is -4.88. The zero-order valence-corrected chi connectivity index (χ0v) is 29.4. The van der Waals surface area contributed by atoms with Crippen LogP contribution in [0.2, 0.25) is 0 Å². The van der Waals surface area contributed by atoms with Crippen molar-refractivity contribution in [2.24, 2.45) is 11.3 Å². The monoisotopic (exact) mass is 694 g/mol. The van der Waals surface area contributed by atoms with E-state index in [9.17, 15) is 24.0 Å². The minimum absolute atomic E-state index is 0.00883. The van der Waals surface area contributed by atoms with Crippen LogP contribution >= 0.6 is 0 Å². The maximum Gasteiger partial charge on any atom is 0.408 e. The number of aromatic nitrogens is 1. The van der Waals surface area contributed by atoms with E-state index in [1.165, 1.54) is 32.3 Å². The van der Waals surface area contributed by atoms with Crippen molar-refractivity contribution in [3.8, 4) is 11.5 Å². The third-order valence-electron chi connectivity index (χ3n) is 9.66. The summed E-state index contributed by atoms with van der Waals surface area (Å²) in [5.74, 6) is -1.95. The number of methoxy groups -OCH3 is 3. The molecule has 14 nitrogen and oxygen atoms in total. The fourth-order valence-corrected chi connectivity index (χ4v) is 6.78. The van der Waals surface area contributed by atoms with E-state index >= 15 is 0 Å². The van der Waals surface area contributed by atoms with Crippen LogP contribution in [0.1, 0.15) is 69.8 Å². The van der Waals surface area contributed by atoms with Crippen LogP contribution in [0.4, 0.5) is 4.79 Å². The summed E-state index contributed by atoms with van der Waals surface area (Å²) in [5.41, 5.74) is -1.68. The largest absolute Gasteiger partial charge is 0.497 e. The van der Waals surface area contributed by atoms with Crippen LogP contribution in [-0.4, -0.2) is 97.4 Å². The molecular weight excluding hydrogens is 648 g/mol. The van der Waals surface area contributed by atoms with Gasteiger partial charge < -0.3 is 39.2 Å². The van der Waals surface area contributed by atoms with Crippen molar-refractivity contribution >= 4 is 40.7 Å². The standard InChI is InChI=1S/C36H46N4O10/c1-8-20-18-36(20,33(44)48-7)39-30(41)27-16-23(49-28-17-26(32(43)47-6)37-25-15-22(46-5)13-14-24(25)28)19-40(27)31(42)29(35(2,3)4)38-34(45)50-21-11-9-10-12-21/h8,13-15,17,20-21,23,27,29H,1,9-12,16,18-19H2,2-7H3,(H,38,45)(H,39,41)/t20-,23-,27+,29-,36-/m1/s1. The van der Waals surface area contributed by atoms with Gasteiger partial charge >= 0.3 is 18.0 Å². The lowest BCUT2D eigenvalue weighted by atomic mass is 9.85. The van der Waals surface area contributed by atoms with E-state index in [2.05, 4.69) is 22.2 Å². The quantitative estimate of drug-likeness (QED) is 0.200. The predicted molar refractivity (Wildman–Crippen MR) is 180 cm³/mol. The molecule has 2 heterocycles. The third kappa shape index (κ3) is 7.48. The van der Waals surface area contributed by atoms with Gasteiger partial charge in [-0.3, -0.25) is 9.59 Å². The lowest BCUT2D eigenvalue weighted by Crippen LogP contribution is -2.59. The minimum Gasteiger partial charge on any atom is -0.497 e. The Morgan fingerprint density at radius 1 is 1.04 bits per heavy atom. The summed E-state index contributed by atoms with van der Waals surface area (Å²) in [7, 11) is 3.99. The van der Waals surface area contributed by atoms with E-state index in [1.54, 1.807) is 45.0 Å². The SMILES string of the molecule is C=C[C@@H]1C[C@]1(NC(=O)[C@@H]1C[C@@H](Oc2cc(C(=O)OC)nc3cc(OC)ccc23)CN1C(=O)[C@@H](NC(=O)OC1CCCC1)C(C)(C)C)C(=O)OC. The first-order chi connectivity index (χ1) is 23.7. The molecule has 2 aliphatic carbocycles. The van der Waals surface area contributed by atoms with Crippen LogP contribution < -0.4 is 20.1 Å². The highest BCUT2D eigenvalue weighted by atomic mass is 16.6. The Morgan fingerprint density at radius 3 is 2.36 bits per heavy atom. The molecule has 1 aromatic carbocycles. The number of rotatable bonds is 11. The van der Waals surface area contributed by atoms with Gasteiger partial charge in [-0.05, 0) is 49.7 Å². The summed E-state index contributed by atoms with van der Waals surface area (Å²) in [4.78, 5) is 72.7. The molecule has 2 saturated carbocycles. The van der Waals surface area contributed by atoms with Gasteiger partial charge in [0.15, 0.2) is 5.69 Å². The van der Waals surface area contributed by atoms with Gasteiger partial charge in [0, 0.05) is 29.9 Å². The first-order valence-corrected chi connectivity index (χ1v) is 16.8. The second kappa shape index (κ2) is 14.5. The van der Waals surface area contributed by atoms with Crippen molar-refractivity contribution in [1.82, 2.24) is 20.5 Å². The molecule has 0 radical (unpaired) electrons. The van der Waals surface area contributed by atoms with Crippen LogP contribution in [-0.2, 0) is 28.6 Å². The van der Waals surface area contributed by atoms with Gasteiger partial charge in [-0.15, -0.1) is 6.58 Å². The number of fused-ring (bicyclic) bond motifs is 1. The van der Waals surface area contributed by atoms with Crippen LogP contribution in [0, 0.1) is 11.3 Å². The molecule has 2 N–H and O–H groups in total. The summed E-state index contributed by atoms with van der Waals surface area (Å²) in [5, 5.41) is 6.17. The second-order valence-corrected chi connectivity index (χ2v) is 14.1. The molecule has 1 aliphatic heterocycles. The molecule has 50 heavy (non-hydrogen) atoms. The van der Waals surface area contributed by atoms with Crippen LogP contribution in [0.3, 0.4) is 0 Å².